The standard InChI is InChI=1S/C14H19NOS/c1-4-17-12-6-5-11(9-10(12)2)15-13(16)14(3)7-8-14/h5-6,9H,4,7-8H2,1-3H3,(H,15,16). The average molecular weight is 249 g/mol. The van der Waals surface area contributed by atoms with Crippen molar-refractivity contribution in [3.63, 3.8) is 0 Å². The number of amides is 1. The molecule has 0 aliphatic heterocycles. The highest BCUT2D eigenvalue weighted by molar-refractivity contribution is 7.99. The Morgan fingerprint density at radius 3 is 2.71 bits per heavy atom. The van der Waals surface area contributed by atoms with Crippen LogP contribution in [0.25, 0.3) is 0 Å². The SMILES string of the molecule is CCSc1ccc(NC(=O)C2(C)CC2)cc1C. The summed E-state index contributed by atoms with van der Waals surface area (Å²) in [5.41, 5.74) is 2.04. The molecular formula is C14H19NOS. The molecule has 0 aromatic heterocycles. The van der Waals surface area contributed by atoms with Gasteiger partial charge in [-0.2, -0.15) is 0 Å². The van der Waals surface area contributed by atoms with Gasteiger partial charge in [0, 0.05) is 16.0 Å². The predicted molar refractivity (Wildman–Crippen MR) is 73.5 cm³/mol. The molecule has 1 fully saturated rings. The lowest BCUT2D eigenvalue weighted by molar-refractivity contribution is -0.120. The van der Waals surface area contributed by atoms with E-state index in [4.69, 9.17) is 0 Å². The first kappa shape index (κ1) is 12.5. The summed E-state index contributed by atoms with van der Waals surface area (Å²) >= 11 is 1.83. The van der Waals surface area contributed by atoms with Gasteiger partial charge < -0.3 is 5.32 Å². The smallest absolute Gasteiger partial charge is 0.230 e. The number of benzene rings is 1. The number of anilines is 1. The first-order valence-electron chi connectivity index (χ1n) is 6.10. The van der Waals surface area contributed by atoms with Gasteiger partial charge in [-0.1, -0.05) is 13.8 Å². The molecule has 0 bridgehead atoms. The Labute approximate surface area is 107 Å². The topological polar surface area (TPSA) is 29.1 Å². The van der Waals surface area contributed by atoms with E-state index in [0.29, 0.717) is 0 Å². The number of aryl methyl sites for hydroxylation is 1. The van der Waals surface area contributed by atoms with Gasteiger partial charge in [0.25, 0.3) is 0 Å². The monoisotopic (exact) mass is 249 g/mol. The maximum absolute atomic E-state index is 11.9. The van der Waals surface area contributed by atoms with Crippen LogP contribution in [0.5, 0.6) is 0 Å². The highest BCUT2D eigenvalue weighted by Gasteiger charge is 2.44. The van der Waals surface area contributed by atoms with Crippen LogP contribution in [0.1, 0.15) is 32.3 Å². The van der Waals surface area contributed by atoms with Crippen LogP contribution in [0.4, 0.5) is 5.69 Å². The third-order valence-corrected chi connectivity index (χ3v) is 4.34. The Bertz CT molecular complexity index is 438. The van der Waals surface area contributed by atoms with Crippen LogP contribution in [-0.4, -0.2) is 11.7 Å². The number of nitrogens with one attached hydrogen (secondary N) is 1. The lowest BCUT2D eigenvalue weighted by Gasteiger charge is -2.12. The summed E-state index contributed by atoms with van der Waals surface area (Å²) in [6.07, 6.45) is 2.03. The minimum absolute atomic E-state index is 0.106. The maximum atomic E-state index is 11.9. The zero-order valence-corrected chi connectivity index (χ0v) is 11.5. The molecule has 17 heavy (non-hydrogen) atoms. The van der Waals surface area contributed by atoms with Crippen molar-refractivity contribution in [3.05, 3.63) is 23.8 Å². The molecule has 1 aliphatic carbocycles. The molecule has 1 aromatic rings. The molecule has 0 saturated heterocycles. The fraction of sp³-hybridized carbons (Fsp3) is 0.500. The molecule has 2 nitrogen and oxygen atoms in total. The van der Waals surface area contributed by atoms with E-state index in [1.165, 1.54) is 10.5 Å². The average Bonchev–Trinajstić information content (AvgIpc) is 3.02. The van der Waals surface area contributed by atoms with Crippen LogP contribution in [-0.2, 0) is 4.79 Å². The van der Waals surface area contributed by atoms with E-state index in [2.05, 4.69) is 31.3 Å². The molecule has 1 aliphatic rings. The summed E-state index contributed by atoms with van der Waals surface area (Å²) in [4.78, 5) is 13.2. The maximum Gasteiger partial charge on any atom is 0.230 e. The highest BCUT2D eigenvalue weighted by Crippen LogP contribution is 2.45. The fourth-order valence-electron chi connectivity index (χ4n) is 1.74. The second-order valence-electron chi connectivity index (χ2n) is 4.93. The quantitative estimate of drug-likeness (QED) is 0.821. The third-order valence-electron chi connectivity index (χ3n) is 3.28. The zero-order valence-electron chi connectivity index (χ0n) is 10.7. The molecular weight excluding hydrogens is 230 g/mol. The molecule has 0 heterocycles. The Morgan fingerprint density at radius 2 is 2.18 bits per heavy atom. The summed E-state index contributed by atoms with van der Waals surface area (Å²) in [5, 5.41) is 3.01. The van der Waals surface area contributed by atoms with Gasteiger partial charge in [-0.05, 0) is 49.3 Å². The lowest BCUT2D eigenvalue weighted by Crippen LogP contribution is -2.21. The summed E-state index contributed by atoms with van der Waals surface area (Å²) in [6.45, 7) is 6.26. The van der Waals surface area contributed by atoms with E-state index >= 15 is 0 Å². The molecule has 0 radical (unpaired) electrons. The molecule has 3 heteroatoms. The van der Waals surface area contributed by atoms with Gasteiger partial charge in [-0.25, -0.2) is 0 Å². The molecule has 1 aromatic carbocycles. The number of hydrogen-bond acceptors (Lipinski definition) is 2. The van der Waals surface area contributed by atoms with E-state index in [0.717, 1.165) is 24.3 Å². The van der Waals surface area contributed by atoms with Crippen molar-refractivity contribution >= 4 is 23.4 Å². The summed E-state index contributed by atoms with van der Waals surface area (Å²) in [6, 6.07) is 6.14. The van der Waals surface area contributed by atoms with Crippen LogP contribution >= 0.6 is 11.8 Å². The van der Waals surface area contributed by atoms with E-state index in [1.807, 2.05) is 24.8 Å². The number of rotatable bonds is 4. The van der Waals surface area contributed by atoms with Gasteiger partial charge in [0.2, 0.25) is 5.91 Å². The fourth-order valence-corrected chi connectivity index (χ4v) is 2.50. The van der Waals surface area contributed by atoms with E-state index < -0.39 is 0 Å². The van der Waals surface area contributed by atoms with Crippen LogP contribution in [0, 0.1) is 12.3 Å². The van der Waals surface area contributed by atoms with Gasteiger partial charge in [0.05, 0.1) is 0 Å². The molecule has 1 saturated carbocycles. The molecule has 0 spiro atoms. The molecule has 0 unspecified atom stereocenters. The largest absolute Gasteiger partial charge is 0.326 e. The first-order chi connectivity index (χ1) is 8.05. The Balaban J connectivity index is 2.07. The van der Waals surface area contributed by atoms with Gasteiger partial charge >= 0.3 is 0 Å². The van der Waals surface area contributed by atoms with E-state index in [9.17, 15) is 4.79 Å². The van der Waals surface area contributed by atoms with Crippen molar-refractivity contribution in [3.8, 4) is 0 Å². The van der Waals surface area contributed by atoms with Crippen molar-refractivity contribution in [2.45, 2.75) is 38.5 Å². The van der Waals surface area contributed by atoms with Crippen molar-refractivity contribution < 1.29 is 4.79 Å². The highest BCUT2D eigenvalue weighted by atomic mass is 32.2. The van der Waals surface area contributed by atoms with Crippen molar-refractivity contribution in [2.75, 3.05) is 11.1 Å². The number of hydrogen-bond donors (Lipinski definition) is 1. The van der Waals surface area contributed by atoms with Crippen LogP contribution in [0.3, 0.4) is 0 Å². The van der Waals surface area contributed by atoms with Gasteiger partial charge in [0.15, 0.2) is 0 Å². The van der Waals surface area contributed by atoms with Crippen molar-refractivity contribution in [1.82, 2.24) is 0 Å². The molecule has 92 valence electrons. The lowest BCUT2D eigenvalue weighted by atomic mass is 10.1. The van der Waals surface area contributed by atoms with Crippen molar-refractivity contribution in [2.24, 2.45) is 5.41 Å². The Morgan fingerprint density at radius 1 is 1.47 bits per heavy atom. The molecule has 0 atom stereocenters. The Hall–Kier alpha value is -0.960. The van der Waals surface area contributed by atoms with Crippen molar-refractivity contribution in [1.29, 1.82) is 0 Å². The zero-order chi connectivity index (χ0) is 12.5. The third kappa shape index (κ3) is 2.83. The second-order valence-corrected chi connectivity index (χ2v) is 6.23. The predicted octanol–water partition coefficient (Wildman–Crippen LogP) is 3.85. The number of carbonyl (C=O) groups is 1. The minimum Gasteiger partial charge on any atom is -0.326 e. The van der Waals surface area contributed by atoms with Gasteiger partial charge in [-0.15, -0.1) is 11.8 Å². The molecule has 1 N–H and O–H groups in total. The summed E-state index contributed by atoms with van der Waals surface area (Å²) in [7, 11) is 0. The van der Waals surface area contributed by atoms with Crippen LogP contribution in [0.15, 0.2) is 23.1 Å². The van der Waals surface area contributed by atoms with Crippen LogP contribution < -0.4 is 5.32 Å². The molecule has 1 amide bonds. The minimum atomic E-state index is -0.106. The summed E-state index contributed by atoms with van der Waals surface area (Å²) in [5.74, 6) is 1.23. The van der Waals surface area contributed by atoms with E-state index in [1.54, 1.807) is 0 Å². The van der Waals surface area contributed by atoms with Crippen LogP contribution in [0.2, 0.25) is 0 Å². The first-order valence-corrected chi connectivity index (χ1v) is 7.08. The number of thioether (sulfide) groups is 1. The normalized spacial score (nSPS) is 16.6. The molecule has 2 rings (SSSR count). The van der Waals surface area contributed by atoms with Gasteiger partial charge in [0.1, 0.15) is 0 Å². The Kier molecular flexibility index (Phi) is 3.48. The second kappa shape index (κ2) is 4.73. The number of carbonyl (C=O) groups excluding carboxylic acids is 1. The summed E-state index contributed by atoms with van der Waals surface area (Å²) < 4.78 is 0. The van der Waals surface area contributed by atoms with Gasteiger partial charge in [-0.3, -0.25) is 4.79 Å². The van der Waals surface area contributed by atoms with E-state index in [-0.39, 0.29) is 11.3 Å².